The molecule has 2 aromatic carbocycles. The minimum Gasteiger partial charge on any atom is -0.479 e. The molecule has 2 aromatic rings. The van der Waals surface area contributed by atoms with Crippen molar-refractivity contribution in [1.29, 1.82) is 0 Å². The summed E-state index contributed by atoms with van der Waals surface area (Å²) in [6.45, 7) is 2.75. The summed E-state index contributed by atoms with van der Waals surface area (Å²) >= 11 is 5.87. The standard InChI is InChI=1S/C23H25ClO10/c1-23(2,22(31)33-21-18(28)16(26)17(27)19(32-21)20(29)30)34-14-9-5-12(6-10-14)15(25)11-3-7-13(24)8-4-11/h3-10,15-19,21,25-28H,1-2H3,(H,29,30)/t15-,16+,17+,18-,19+,21+/m0/s1. The Bertz CT molecular complexity index is 1010. The molecule has 6 atom stereocenters. The minimum atomic E-state index is -1.91. The number of halogens is 1. The van der Waals surface area contributed by atoms with Crippen molar-refractivity contribution in [3.05, 3.63) is 64.7 Å². The van der Waals surface area contributed by atoms with Gasteiger partial charge in [-0.25, -0.2) is 9.59 Å². The summed E-state index contributed by atoms with van der Waals surface area (Å²) in [5.74, 6) is -2.36. The Kier molecular flexibility index (Phi) is 7.81. The van der Waals surface area contributed by atoms with Crippen LogP contribution in [0, 0.1) is 0 Å². The Balaban J connectivity index is 1.66. The van der Waals surface area contributed by atoms with E-state index in [2.05, 4.69) is 0 Å². The van der Waals surface area contributed by atoms with E-state index in [1.807, 2.05) is 0 Å². The van der Waals surface area contributed by atoms with Gasteiger partial charge in [0.05, 0.1) is 0 Å². The molecule has 1 aliphatic rings. The summed E-state index contributed by atoms with van der Waals surface area (Å²) in [5, 5.41) is 49.8. The number of hydrogen-bond acceptors (Lipinski definition) is 9. The minimum absolute atomic E-state index is 0.262. The molecular weight excluding hydrogens is 472 g/mol. The number of ether oxygens (including phenoxy) is 3. The van der Waals surface area contributed by atoms with Gasteiger partial charge in [-0.05, 0) is 49.2 Å². The molecule has 0 spiro atoms. The topological polar surface area (TPSA) is 163 Å². The van der Waals surface area contributed by atoms with Crippen LogP contribution < -0.4 is 4.74 Å². The zero-order chi connectivity index (χ0) is 25.2. The van der Waals surface area contributed by atoms with Crippen LogP contribution in [-0.2, 0) is 19.1 Å². The van der Waals surface area contributed by atoms with Gasteiger partial charge in [0.1, 0.15) is 30.2 Å². The molecule has 0 bridgehead atoms. The number of benzene rings is 2. The van der Waals surface area contributed by atoms with E-state index in [0.29, 0.717) is 16.1 Å². The lowest BCUT2D eigenvalue weighted by molar-refractivity contribution is -0.289. The van der Waals surface area contributed by atoms with Crippen LogP contribution in [0.3, 0.4) is 0 Å². The summed E-state index contributed by atoms with van der Waals surface area (Å²) < 4.78 is 15.7. The van der Waals surface area contributed by atoms with E-state index in [4.69, 9.17) is 30.9 Å². The molecule has 1 fully saturated rings. The molecular formula is C23H25ClO10. The highest BCUT2D eigenvalue weighted by Crippen LogP contribution is 2.28. The van der Waals surface area contributed by atoms with Gasteiger partial charge in [0.25, 0.3) is 0 Å². The highest BCUT2D eigenvalue weighted by Gasteiger charge is 2.49. The van der Waals surface area contributed by atoms with Crippen molar-refractivity contribution in [3.8, 4) is 5.75 Å². The van der Waals surface area contributed by atoms with Gasteiger partial charge in [-0.3, -0.25) is 0 Å². The van der Waals surface area contributed by atoms with Crippen molar-refractivity contribution < 1.29 is 49.3 Å². The number of rotatable bonds is 7. The van der Waals surface area contributed by atoms with E-state index < -0.39 is 54.3 Å². The molecule has 0 aromatic heterocycles. The van der Waals surface area contributed by atoms with Gasteiger partial charge in [-0.15, -0.1) is 0 Å². The van der Waals surface area contributed by atoms with Gasteiger partial charge >= 0.3 is 11.9 Å². The van der Waals surface area contributed by atoms with Crippen LogP contribution in [0.25, 0.3) is 0 Å². The smallest absolute Gasteiger partial charge is 0.352 e. The van der Waals surface area contributed by atoms with E-state index in [1.165, 1.54) is 26.0 Å². The van der Waals surface area contributed by atoms with Crippen molar-refractivity contribution in [2.75, 3.05) is 0 Å². The highest BCUT2D eigenvalue weighted by atomic mass is 35.5. The molecule has 1 saturated heterocycles. The van der Waals surface area contributed by atoms with E-state index >= 15 is 0 Å². The summed E-state index contributed by atoms with van der Waals surface area (Å²) in [6, 6.07) is 13.0. The summed E-state index contributed by atoms with van der Waals surface area (Å²) in [5.41, 5.74) is -0.403. The molecule has 5 N–H and O–H groups in total. The van der Waals surface area contributed by atoms with Crippen molar-refractivity contribution in [3.63, 3.8) is 0 Å². The van der Waals surface area contributed by atoms with Crippen LogP contribution in [0.2, 0.25) is 5.02 Å². The molecule has 0 aliphatic carbocycles. The number of carbonyl (C=O) groups excluding carboxylic acids is 1. The second-order valence-corrected chi connectivity index (χ2v) is 8.71. The van der Waals surface area contributed by atoms with E-state index in [1.54, 1.807) is 36.4 Å². The number of carboxylic acid groups (broad SMARTS) is 1. The van der Waals surface area contributed by atoms with E-state index in [9.17, 15) is 30.0 Å². The van der Waals surface area contributed by atoms with Crippen LogP contribution >= 0.6 is 11.6 Å². The molecule has 1 aliphatic heterocycles. The number of carboxylic acids is 1. The lowest BCUT2D eigenvalue weighted by Crippen LogP contribution is -2.61. The molecule has 0 amide bonds. The number of aliphatic hydroxyl groups excluding tert-OH is 4. The van der Waals surface area contributed by atoms with E-state index in [0.717, 1.165) is 0 Å². The molecule has 0 radical (unpaired) electrons. The molecule has 34 heavy (non-hydrogen) atoms. The van der Waals surface area contributed by atoms with E-state index in [-0.39, 0.29) is 5.75 Å². The van der Waals surface area contributed by atoms with Gasteiger partial charge in [0.15, 0.2) is 11.7 Å². The fourth-order valence-electron chi connectivity index (χ4n) is 3.29. The second kappa shape index (κ2) is 10.3. The first-order valence-electron chi connectivity index (χ1n) is 10.3. The van der Waals surface area contributed by atoms with Gasteiger partial charge in [0.2, 0.25) is 6.29 Å². The van der Waals surface area contributed by atoms with Crippen LogP contribution in [-0.4, -0.2) is 73.8 Å². The second-order valence-electron chi connectivity index (χ2n) is 8.28. The fourth-order valence-corrected chi connectivity index (χ4v) is 3.41. The summed E-state index contributed by atoms with van der Waals surface area (Å²) in [7, 11) is 0. The SMILES string of the molecule is CC(C)(Oc1ccc([C@@H](O)c2ccc(Cl)cc2)cc1)C(=O)O[C@H]1O[C@@H](C(=O)O)[C@H](O)[C@@H](O)[C@@H]1O. The normalized spacial score (nSPS) is 25.9. The first-order chi connectivity index (χ1) is 15.9. The van der Waals surface area contributed by atoms with Crippen LogP contribution in [0.4, 0.5) is 0 Å². The lowest BCUT2D eigenvalue weighted by Gasteiger charge is -2.39. The summed E-state index contributed by atoms with van der Waals surface area (Å²) in [4.78, 5) is 23.9. The number of aliphatic hydroxyl groups is 4. The Hall–Kier alpha value is -2.73. The maximum Gasteiger partial charge on any atom is 0.352 e. The van der Waals surface area contributed by atoms with Crippen molar-refractivity contribution >= 4 is 23.5 Å². The number of aliphatic carboxylic acids is 1. The van der Waals surface area contributed by atoms with Crippen molar-refractivity contribution in [2.24, 2.45) is 0 Å². The molecule has 0 saturated carbocycles. The average Bonchev–Trinajstić information content (AvgIpc) is 2.79. The third-order valence-corrected chi connectivity index (χ3v) is 5.53. The molecule has 10 nitrogen and oxygen atoms in total. The average molecular weight is 497 g/mol. The number of carbonyl (C=O) groups is 2. The third kappa shape index (κ3) is 5.66. The Morgan fingerprint density at radius 3 is 2.00 bits per heavy atom. The van der Waals surface area contributed by atoms with Gasteiger partial charge in [-0.2, -0.15) is 0 Å². The summed E-state index contributed by atoms with van der Waals surface area (Å²) in [6.07, 6.45) is -10.3. The van der Waals surface area contributed by atoms with Crippen molar-refractivity contribution in [2.45, 2.75) is 56.3 Å². The highest BCUT2D eigenvalue weighted by molar-refractivity contribution is 6.30. The molecule has 184 valence electrons. The van der Waals surface area contributed by atoms with Crippen LogP contribution in [0.15, 0.2) is 48.5 Å². The fraction of sp³-hybridized carbons (Fsp3) is 0.391. The lowest BCUT2D eigenvalue weighted by atomic mass is 9.99. The predicted molar refractivity (Wildman–Crippen MR) is 117 cm³/mol. The zero-order valence-corrected chi connectivity index (χ0v) is 19.0. The molecule has 11 heteroatoms. The van der Waals surface area contributed by atoms with Crippen LogP contribution in [0.1, 0.15) is 31.1 Å². The Labute approximate surface area is 199 Å². The number of hydrogen-bond donors (Lipinski definition) is 5. The molecule has 0 unspecified atom stereocenters. The Morgan fingerprint density at radius 2 is 1.47 bits per heavy atom. The van der Waals surface area contributed by atoms with Crippen molar-refractivity contribution in [1.82, 2.24) is 0 Å². The van der Waals surface area contributed by atoms with Gasteiger partial charge in [-0.1, -0.05) is 35.9 Å². The molecule has 3 rings (SSSR count). The van der Waals surface area contributed by atoms with Gasteiger partial charge in [0, 0.05) is 5.02 Å². The molecule has 1 heterocycles. The monoisotopic (exact) mass is 496 g/mol. The Morgan fingerprint density at radius 1 is 0.941 bits per heavy atom. The maximum absolute atomic E-state index is 12.7. The first kappa shape index (κ1) is 25.9. The first-order valence-corrected chi connectivity index (χ1v) is 10.6. The predicted octanol–water partition coefficient (Wildman–Crippen LogP) is 1.01. The maximum atomic E-state index is 12.7. The largest absolute Gasteiger partial charge is 0.479 e. The zero-order valence-electron chi connectivity index (χ0n) is 18.2. The van der Waals surface area contributed by atoms with Gasteiger partial charge < -0.3 is 39.7 Å². The number of esters is 1. The third-order valence-electron chi connectivity index (χ3n) is 5.28. The quantitative estimate of drug-likeness (QED) is 0.349. The van der Waals surface area contributed by atoms with Crippen LogP contribution in [0.5, 0.6) is 5.75 Å².